The summed E-state index contributed by atoms with van der Waals surface area (Å²) in [5, 5.41) is 0. The summed E-state index contributed by atoms with van der Waals surface area (Å²) in [4.78, 5) is 62.3. The first-order chi connectivity index (χ1) is 27.3. The summed E-state index contributed by atoms with van der Waals surface area (Å²) in [5.41, 5.74) is 11.3. The third-order valence-corrected chi connectivity index (χ3v) is 10.2. The zero-order chi connectivity index (χ0) is 42.6. The van der Waals surface area contributed by atoms with Crippen LogP contribution >= 0.6 is 7.82 Å². The summed E-state index contributed by atoms with van der Waals surface area (Å²) in [6.07, 6.45) is 22.5. The predicted octanol–water partition coefficient (Wildman–Crippen LogP) is 8.27. The van der Waals surface area contributed by atoms with E-state index in [1.54, 1.807) is 13.8 Å². The van der Waals surface area contributed by atoms with Gasteiger partial charge in [-0.05, 0) is 26.7 Å². The highest BCUT2D eigenvalue weighted by atomic mass is 31.2. The lowest BCUT2D eigenvalue weighted by molar-refractivity contribution is -0.231. The summed E-state index contributed by atoms with van der Waals surface area (Å²) in [6.45, 7) is 5.33. The molecule has 2 unspecified atom stereocenters. The van der Waals surface area contributed by atoms with Gasteiger partial charge in [0, 0.05) is 24.9 Å². The second-order valence-electron chi connectivity index (χ2n) is 15.6. The molecule has 0 aromatic carbocycles. The van der Waals surface area contributed by atoms with Gasteiger partial charge >= 0.3 is 23.9 Å². The van der Waals surface area contributed by atoms with Gasteiger partial charge in [-0.25, -0.2) is 0 Å². The Bertz CT molecular complexity index is 1080. The molecule has 0 radical (unpaired) electrons. The van der Waals surface area contributed by atoms with E-state index in [2.05, 4.69) is 13.8 Å². The standard InChI is InChI=1S/C42H81N2O12P/c1-5-7-9-11-13-15-17-19-21-23-25-27-39(45)51-31-37(55-40(46)28-26-24-22-20-18-16-14-12-10-8-6-2)33-53-57(49,50)54-34-38(56-42(48)30-36(4)44)32-52-41(47)29-35(3)43/h35-38H,5-34,43-44H2,1-4H3,(H,49,50)/p-1/t35-,36-,37+,38?/m0/s1. The van der Waals surface area contributed by atoms with E-state index in [4.69, 9.17) is 39.5 Å². The molecule has 0 saturated carbocycles. The van der Waals surface area contributed by atoms with Gasteiger partial charge in [0.1, 0.15) is 13.2 Å². The summed E-state index contributed by atoms with van der Waals surface area (Å²) in [6, 6.07) is -1.01. The molecule has 0 aromatic rings. The highest BCUT2D eigenvalue weighted by molar-refractivity contribution is 7.45. The average Bonchev–Trinajstić information content (AvgIpc) is 3.14. The summed E-state index contributed by atoms with van der Waals surface area (Å²) in [5.74, 6) is -2.45. The fourth-order valence-corrected chi connectivity index (χ4v) is 6.77. The molecule has 0 aliphatic rings. The first-order valence-corrected chi connectivity index (χ1v) is 23.5. The van der Waals surface area contributed by atoms with Crippen molar-refractivity contribution in [2.45, 2.75) is 219 Å². The smallest absolute Gasteiger partial charge is 0.307 e. The molecule has 0 bridgehead atoms. The number of phosphoric ester groups is 1. The number of nitrogens with two attached hydrogens (primary N) is 2. The van der Waals surface area contributed by atoms with Crippen molar-refractivity contribution in [1.29, 1.82) is 0 Å². The molecule has 5 atom stereocenters. The maximum absolute atomic E-state index is 12.8. The van der Waals surface area contributed by atoms with Gasteiger partial charge in [-0.15, -0.1) is 0 Å². The van der Waals surface area contributed by atoms with Gasteiger partial charge in [0.25, 0.3) is 7.82 Å². The van der Waals surface area contributed by atoms with Crippen molar-refractivity contribution >= 4 is 31.7 Å². The third-order valence-electron chi connectivity index (χ3n) is 9.24. The van der Waals surface area contributed by atoms with Crippen LogP contribution in [0.15, 0.2) is 0 Å². The van der Waals surface area contributed by atoms with Gasteiger partial charge in [0.05, 0.1) is 26.1 Å². The van der Waals surface area contributed by atoms with Crippen LogP contribution < -0.4 is 16.4 Å². The topological polar surface area (TPSA) is 216 Å². The molecule has 57 heavy (non-hydrogen) atoms. The van der Waals surface area contributed by atoms with E-state index in [0.717, 1.165) is 38.5 Å². The Balaban J connectivity index is 5.04. The van der Waals surface area contributed by atoms with Crippen molar-refractivity contribution in [3.05, 3.63) is 0 Å². The summed E-state index contributed by atoms with van der Waals surface area (Å²) in [7, 11) is -5.08. The monoisotopic (exact) mass is 836 g/mol. The van der Waals surface area contributed by atoms with Crippen LogP contribution in [0.2, 0.25) is 0 Å². The summed E-state index contributed by atoms with van der Waals surface area (Å²) < 4.78 is 44.0. The number of ether oxygens (including phenoxy) is 4. The Labute approximate surface area is 344 Å². The van der Waals surface area contributed by atoms with Gasteiger partial charge in [0.15, 0.2) is 12.2 Å². The van der Waals surface area contributed by atoms with Crippen LogP contribution in [0.25, 0.3) is 0 Å². The molecule has 0 aromatic heterocycles. The van der Waals surface area contributed by atoms with E-state index < -0.39 is 82.4 Å². The van der Waals surface area contributed by atoms with Crippen molar-refractivity contribution in [3.8, 4) is 0 Å². The average molecular weight is 836 g/mol. The molecule has 0 spiro atoms. The highest BCUT2D eigenvalue weighted by Gasteiger charge is 2.24. The van der Waals surface area contributed by atoms with Gasteiger partial charge < -0.3 is 44.4 Å². The van der Waals surface area contributed by atoms with Crippen molar-refractivity contribution < 1.29 is 56.6 Å². The maximum Gasteiger partial charge on any atom is 0.307 e. The lowest BCUT2D eigenvalue weighted by atomic mass is 10.1. The van der Waals surface area contributed by atoms with E-state index in [9.17, 15) is 28.6 Å². The Morgan fingerprint density at radius 1 is 0.474 bits per heavy atom. The number of phosphoric acid groups is 1. The molecule has 336 valence electrons. The number of unbranched alkanes of at least 4 members (excludes halogenated alkanes) is 20. The third kappa shape index (κ3) is 37.9. The van der Waals surface area contributed by atoms with Crippen molar-refractivity contribution in [2.24, 2.45) is 11.5 Å². The van der Waals surface area contributed by atoms with E-state index in [1.807, 2.05) is 0 Å². The Morgan fingerprint density at radius 2 is 0.789 bits per heavy atom. The van der Waals surface area contributed by atoms with Gasteiger partial charge in [0.2, 0.25) is 0 Å². The minimum absolute atomic E-state index is 0.103. The Hall–Kier alpha value is -2.09. The molecule has 0 saturated heterocycles. The van der Waals surface area contributed by atoms with Crippen LogP contribution in [-0.2, 0) is 51.7 Å². The minimum Gasteiger partial charge on any atom is -0.756 e. The maximum atomic E-state index is 12.8. The molecule has 0 aliphatic carbocycles. The molecular formula is C42H80N2O12P-. The fraction of sp³-hybridized carbons (Fsp3) is 0.905. The Kier molecular flexibility index (Phi) is 35.6. The van der Waals surface area contributed by atoms with Crippen LogP contribution in [-0.4, -0.2) is 74.6 Å². The molecule has 0 amide bonds. The van der Waals surface area contributed by atoms with Gasteiger partial charge in [-0.1, -0.05) is 142 Å². The quantitative estimate of drug-likeness (QED) is 0.0257. The van der Waals surface area contributed by atoms with Gasteiger partial charge in [-0.2, -0.15) is 0 Å². The number of hydrogen-bond donors (Lipinski definition) is 2. The number of carbonyl (C=O) groups is 4. The number of hydrogen-bond acceptors (Lipinski definition) is 14. The molecule has 0 rings (SSSR count). The van der Waals surface area contributed by atoms with Crippen LogP contribution in [0.1, 0.15) is 195 Å². The van der Waals surface area contributed by atoms with Crippen molar-refractivity contribution in [1.82, 2.24) is 0 Å². The number of rotatable bonds is 40. The molecule has 0 fully saturated rings. The second kappa shape index (κ2) is 36.9. The molecule has 4 N–H and O–H groups in total. The molecule has 0 aliphatic heterocycles. The molecule has 15 heteroatoms. The first-order valence-electron chi connectivity index (χ1n) is 22.1. The number of esters is 4. The van der Waals surface area contributed by atoms with Crippen LogP contribution in [0.4, 0.5) is 0 Å². The zero-order valence-corrected chi connectivity index (χ0v) is 36.9. The van der Waals surface area contributed by atoms with Crippen molar-refractivity contribution in [3.63, 3.8) is 0 Å². The number of carbonyl (C=O) groups excluding carboxylic acids is 4. The van der Waals surface area contributed by atoms with E-state index >= 15 is 0 Å². The second-order valence-corrected chi connectivity index (χ2v) is 17.0. The predicted molar refractivity (Wildman–Crippen MR) is 220 cm³/mol. The molecule has 14 nitrogen and oxygen atoms in total. The zero-order valence-electron chi connectivity index (χ0n) is 36.0. The lowest BCUT2D eigenvalue weighted by Gasteiger charge is -2.27. The normalized spacial score (nSPS) is 14.6. The van der Waals surface area contributed by atoms with Gasteiger partial charge in [-0.3, -0.25) is 23.7 Å². The van der Waals surface area contributed by atoms with Crippen LogP contribution in [0.3, 0.4) is 0 Å². The first kappa shape index (κ1) is 54.9. The summed E-state index contributed by atoms with van der Waals surface area (Å²) >= 11 is 0. The Morgan fingerprint density at radius 3 is 1.18 bits per heavy atom. The SMILES string of the molecule is CCCCCCCCCCCCCC(=O)OC[C@H](COP(=O)([O-])OCC(COC(=O)C[C@H](C)N)OC(=O)C[C@H](C)N)OC(=O)CCCCCCCCCCCCC. The van der Waals surface area contributed by atoms with Crippen molar-refractivity contribution in [2.75, 3.05) is 26.4 Å². The lowest BCUT2D eigenvalue weighted by Crippen LogP contribution is -2.33. The minimum atomic E-state index is -5.08. The molecular weight excluding hydrogens is 755 g/mol. The van der Waals surface area contributed by atoms with E-state index in [1.165, 1.54) is 89.9 Å². The highest BCUT2D eigenvalue weighted by Crippen LogP contribution is 2.39. The van der Waals surface area contributed by atoms with E-state index in [0.29, 0.717) is 12.8 Å². The van der Waals surface area contributed by atoms with Crippen LogP contribution in [0.5, 0.6) is 0 Å². The largest absolute Gasteiger partial charge is 0.756 e. The van der Waals surface area contributed by atoms with Crippen LogP contribution in [0, 0.1) is 0 Å². The fourth-order valence-electron chi connectivity index (χ4n) is 5.99. The molecule has 0 heterocycles. The van der Waals surface area contributed by atoms with E-state index in [-0.39, 0.29) is 25.7 Å².